The summed E-state index contributed by atoms with van der Waals surface area (Å²) in [7, 11) is 0. The minimum absolute atomic E-state index is 0.0181. The topological polar surface area (TPSA) is 107 Å². The van der Waals surface area contributed by atoms with Crippen molar-refractivity contribution < 1.29 is 9.32 Å². The summed E-state index contributed by atoms with van der Waals surface area (Å²) in [5, 5.41) is 16.0. The Hall–Kier alpha value is -3.17. The van der Waals surface area contributed by atoms with Gasteiger partial charge in [0.05, 0.1) is 5.02 Å². The molecule has 3 aromatic heterocycles. The Morgan fingerprint density at radius 3 is 2.89 bits per heavy atom. The number of nitrogens with one attached hydrogen (secondary N) is 1. The molecule has 0 unspecified atom stereocenters. The van der Waals surface area contributed by atoms with Crippen LogP contribution in [0.5, 0.6) is 0 Å². The van der Waals surface area contributed by atoms with E-state index in [1.165, 1.54) is 17.4 Å². The van der Waals surface area contributed by atoms with Crippen LogP contribution in [0.3, 0.4) is 0 Å². The Kier molecular flexibility index (Phi) is 4.61. The van der Waals surface area contributed by atoms with Crippen molar-refractivity contribution >= 4 is 34.0 Å². The molecule has 1 amide bonds. The van der Waals surface area contributed by atoms with Crippen molar-refractivity contribution in [3.05, 3.63) is 59.1 Å². The molecule has 4 aromatic rings. The number of aryl methyl sites for hydroxylation is 1. The van der Waals surface area contributed by atoms with Gasteiger partial charge in [0.15, 0.2) is 16.5 Å². The van der Waals surface area contributed by atoms with E-state index in [2.05, 4.69) is 30.6 Å². The lowest BCUT2D eigenvalue weighted by atomic mass is 10.2. The van der Waals surface area contributed by atoms with E-state index in [9.17, 15) is 4.79 Å². The van der Waals surface area contributed by atoms with E-state index < -0.39 is 5.91 Å². The van der Waals surface area contributed by atoms with E-state index in [4.69, 9.17) is 16.1 Å². The highest BCUT2D eigenvalue weighted by Crippen LogP contribution is 2.31. The number of amides is 1. The number of benzene rings is 1. The zero-order chi connectivity index (χ0) is 18.8. The molecular weight excluding hydrogens is 388 g/mol. The van der Waals surface area contributed by atoms with Crippen molar-refractivity contribution in [1.29, 1.82) is 0 Å². The molecule has 27 heavy (non-hydrogen) atoms. The molecule has 3 heterocycles. The summed E-state index contributed by atoms with van der Waals surface area (Å²) >= 11 is 7.36. The number of anilines is 1. The lowest BCUT2D eigenvalue weighted by Gasteiger charge is -1.97. The Bertz CT molecular complexity index is 1130. The zero-order valence-electron chi connectivity index (χ0n) is 13.9. The van der Waals surface area contributed by atoms with E-state index in [1.54, 1.807) is 18.3 Å². The zero-order valence-corrected chi connectivity index (χ0v) is 15.5. The molecule has 1 aromatic carbocycles. The highest BCUT2D eigenvalue weighted by atomic mass is 35.5. The van der Waals surface area contributed by atoms with Gasteiger partial charge in [-0.2, -0.15) is 0 Å². The molecule has 0 saturated heterocycles. The van der Waals surface area contributed by atoms with Gasteiger partial charge in [-0.3, -0.25) is 10.1 Å². The van der Waals surface area contributed by atoms with Crippen LogP contribution in [0.4, 0.5) is 5.13 Å². The fraction of sp³-hybridized carbons (Fsp3) is 0.0588. The summed E-state index contributed by atoms with van der Waals surface area (Å²) < 4.78 is 5.10. The van der Waals surface area contributed by atoms with Gasteiger partial charge in [-0.25, -0.2) is 9.97 Å². The highest BCUT2D eigenvalue weighted by molar-refractivity contribution is 7.18. The van der Waals surface area contributed by atoms with Gasteiger partial charge in [-0.15, -0.1) is 10.2 Å². The largest absolute Gasteiger partial charge is 0.350 e. The minimum atomic E-state index is -0.497. The first-order chi connectivity index (χ1) is 13.1. The quantitative estimate of drug-likeness (QED) is 0.556. The highest BCUT2D eigenvalue weighted by Gasteiger charge is 2.18. The van der Waals surface area contributed by atoms with Crippen LogP contribution in [-0.4, -0.2) is 31.2 Å². The van der Waals surface area contributed by atoms with Crippen molar-refractivity contribution in [2.75, 3.05) is 5.32 Å². The fourth-order valence-electron chi connectivity index (χ4n) is 2.24. The van der Waals surface area contributed by atoms with Crippen LogP contribution in [0.15, 0.2) is 47.1 Å². The van der Waals surface area contributed by atoms with Crippen LogP contribution in [0.1, 0.15) is 16.2 Å². The molecule has 0 aliphatic heterocycles. The molecule has 4 rings (SSSR count). The predicted molar refractivity (Wildman–Crippen MR) is 101 cm³/mol. The Balaban J connectivity index is 1.51. The number of nitrogens with zero attached hydrogens (tertiary/aromatic N) is 5. The average molecular weight is 399 g/mol. The van der Waals surface area contributed by atoms with Gasteiger partial charge < -0.3 is 4.52 Å². The van der Waals surface area contributed by atoms with Crippen molar-refractivity contribution in [3.63, 3.8) is 0 Å². The molecular formula is C17H11ClN6O2S. The number of hydrogen-bond donors (Lipinski definition) is 1. The van der Waals surface area contributed by atoms with Gasteiger partial charge in [0.25, 0.3) is 5.91 Å². The maximum absolute atomic E-state index is 12.4. The van der Waals surface area contributed by atoms with Crippen LogP contribution in [0.2, 0.25) is 5.02 Å². The number of halogens is 1. The van der Waals surface area contributed by atoms with Crippen molar-refractivity contribution in [2.24, 2.45) is 0 Å². The molecule has 1 N–H and O–H groups in total. The third-order valence-electron chi connectivity index (χ3n) is 3.51. The second-order valence-corrected chi connectivity index (χ2v) is 6.83. The van der Waals surface area contributed by atoms with Crippen LogP contribution >= 0.6 is 22.9 Å². The Morgan fingerprint density at radius 1 is 1.22 bits per heavy atom. The van der Waals surface area contributed by atoms with Crippen LogP contribution in [-0.2, 0) is 0 Å². The Morgan fingerprint density at radius 2 is 2.07 bits per heavy atom. The summed E-state index contributed by atoms with van der Waals surface area (Å²) in [6.07, 6.45) is 1.61. The fourth-order valence-corrected chi connectivity index (χ4v) is 3.30. The van der Waals surface area contributed by atoms with E-state index in [1.807, 2.05) is 25.1 Å². The predicted octanol–water partition coefficient (Wildman–Crippen LogP) is 3.86. The normalized spacial score (nSPS) is 10.7. The summed E-state index contributed by atoms with van der Waals surface area (Å²) in [6.45, 7) is 1.84. The van der Waals surface area contributed by atoms with Gasteiger partial charge >= 0.3 is 0 Å². The van der Waals surface area contributed by atoms with Gasteiger partial charge in [-0.1, -0.05) is 46.3 Å². The van der Waals surface area contributed by atoms with Gasteiger partial charge in [0.2, 0.25) is 10.9 Å². The van der Waals surface area contributed by atoms with E-state index >= 15 is 0 Å². The van der Waals surface area contributed by atoms with Crippen LogP contribution in [0, 0.1) is 6.92 Å². The molecule has 0 fully saturated rings. The van der Waals surface area contributed by atoms with Crippen molar-refractivity contribution in [1.82, 2.24) is 25.3 Å². The second kappa shape index (κ2) is 7.22. The lowest BCUT2D eigenvalue weighted by Crippen LogP contribution is -2.10. The standard InChI is InChI=1S/C17H11ClN6O2S/c1-9-6-7-19-14(20-9)12-8-13(26-24-12)15(25)21-17-23-22-16(27-17)10-4-2-3-5-11(10)18/h2-8H,1H3,(H,21,23,25). The molecule has 10 heteroatoms. The summed E-state index contributed by atoms with van der Waals surface area (Å²) in [5.74, 6) is -0.0948. The second-order valence-electron chi connectivity index (χ2n) is 5.44. The third-order valence-corrected chi connectivity index (χ3v) is 4.71. The number of carbonyl (C=O) groups excluding carboxylic acids is 1. The molecule has 0 saturated carbocycles. The summed E-state index contributed by atoms with van der Waals surface area (Å²) in [6, 6.07) is 10.5. The first kappa shape index (κ1) is 17.3. The van der Waals surface area contributed by atoms with E-state index in [0.717, 1.165) is 11.3 Å². The minimum Gasteiger partial charge on any atom is -0.350 e. The molecule has 134 valence electrons. The average Bonchev–Trinajstić information content (AvgIpc) is 3.32. The molecule has 0 aliphatic rings. The molecule has 0 atom stereocenters. The smallest absolute Gasteiger partial charge is 0.296 e. The first-order valence-corrected chi connectivity index (χ1v) is 8.96. The van der Waals surface area contributed by atoms with Gasteiger partial charge in [0, 0.05) is 23.5 Å². The monoisotopic (exact) mass is 398 g/mol. The number of aromatic nitrogens is 5. The van der Waals surface area contributed by atoms with Crippen LogP contribution < -0.4 is 5.32 Å². The van der Waals surface area contributed by atoms with E-state index in [-0.39, 0.29) is 5.76 Å². The van der Waals surface area contributed by atoms with Gasteiger partial charge in [-0.05, 0) is 19.1 Å². The van der Waals surface area contributed by atoms with Crippen molar-refractivity contribution in [3.8, 4) is 22.1 Å². The molecule has 8 nitrogen and oxygen atoms in total. The van der Waals surface area contributed by atoms with E-state index in [0.29, 0.717) is 26.7 Å². The first-order valence-electron chi connectivity index (χ1n) is 7.76. The maximum atomic E-state index is 12.4. The molecule has 0 aliphatic carbocycles. The number of rotatable bonds is 4. The van der Waals surface area contributed by atoms with Crippen molar-refractivity contribution in [2.45, 2.75) is 6.92 Å². The SMILES string of the molecule is Cc1ccnc(-c2cc(C(=O)Nc3nnc(-c4ccccc4Cl)s3)on2)n1. The maximum Gasteiger partial charge on any atom is 0.296 e. The van der Waals surface area contributed by atoms with Crippen LogP contribution in [0.25, 0.3) is 22.1 Å². The lowest BCUT2D eigenvalue weighted by molar-refractivity contribution is 0.0988. The summed E-state index contributed by atoms with van der Waals surface area (Å²) in [4.78, 5) is 20.7. The van der Waals surface area contributed by atoms with Gasteiger partial charge in [0.1, 0.15) is 0 Å². The molecule has 0 radical (unpaired) electrons. The number of carbonyl (C=O) groups is 1. The third kappa shape index (κ3) is 3.69. The molecule has 0 bridgehead atoms. The number of hydrogen-bond acceptors (Lipinski definition) is 8. The Labute approximate surface area is 162 Å². The summed E-state index contributed by atoms with van der Waals surface area (Å²) in [5.41, 5.74) is 1.91. The molecule has 0 spiro atoms.